The Morgan fingerprint density at radius 2 is 1.21 bits per heavy atom. The van der Waals surface area contributed by atoms with Crippen molar-refractivity contribution in [3.63, 3.8) is 0 Å². The van der Waals surface area contributed by atoms with Crippen LogP contribution in [0.25, 0.3) is 10.8 Å². The van der Waals surface area contributed by atoms with E-state index in [1.54, 1.807) is 36.4 Å². The SMILES string of the molecule is CCCCc1ccc(C#Cc2ccc(C#Cc3ccc4cc(F)ccc4c3)c(F)c2)c(F)c1. The molecular formula is C30H21F3. The van der Waals surface area contributed by atoms with Crippen molar-refractivity contribution in [1.82, 2.24) is 0 Å². The average Bonchev–Trinajstić information content (AvgIpc) is 2.81. The van der Waals surface area contributed by atoms with Crippen molar-refractivity contribution in [3.05, 3.63) is 118 Å². The fourth-order valence-electron chi connectivity index (χ4n) is 3.46. The Kier molecular flexibility index (Phi) is 6.82. The summed E-state index contributed by atoms with van der Waals surface area (Å²) in [5.41, 5.74) is 2.63. The first-order valence-electron chi connectivity index (χ1n) is 10.8. The van der Waals surface area contributed by atoms with Crippen molar-refractivity contribution in [2.75, 3.05) is 0 Å². The van der Waals surface area contributed by atoms with Gasteiger partial charge in [-0.1, -0.05) is 55.2 Å². The lowest BCUT2D eigenvalue weighted by Crippen LogP contribution is -1.90. The number of aryl methyl sites for hydroxylation is 1. The van der Waals surface area contributed by atoms with Gasteiger partial charge in [0.05, 0.1) is 11.1 Å². The standard InChI is InChI=1S/C30H21F3/c1-2-3-4-21-5-10-24(29(32)18-21)12-7-23-8-13-25(30(33)19-23)11-6-22-9-14-27-20-28(31)16-15-26(27)17-22/h5,8-10,13-20H,2-4H2,1H3. The van der Waals surface area contributed by atoms with E-state index in [-0.39, 0.29) is 22.8 Å². The quantitative estimate of drug-likeness (QED) is 0.292. The Balaban J connectivity index is 1.52. The van der Waals surface area contributed by atoms with Gasteiger partial charge in [0.1, 0.15) is 17.5 Å². The second-order valence-corrected chi connectivity index (χ2v) is 7.82. The van der Waals surface area contributed by atoms with Crippen LogP contribution in [0.3, 0.4) is 0 Å². The first kappa shape index (κ1) is 22.3. The van der Waals surface area contributed by atoms with Gasteiger partial charge in [-0.05, 0) is 83.8 Å². The molecule has 0 saturated heterocycles. The maximum atomic E-state index is 14.5. The van der Waals surface area contributed by atoms with Gasteiger partial charge < -0.3 is 0 Å². The molecular weight excluding hydrogens is 417 g/mol. The zero-order chi connectivity index (χ0) is 23.2. The van der Waals surface area contributed by atoms with Crippen LogP contribution in [0.2, 0.25) is 0 Å². The summed E-state index contributed by atoms with van der Waals surface area (Å²) in [4.78, 5) is 0. The van der Waals surface area contributed by atoms with E-state index in [4.69, 9.17) is 0 Å². The van der Waals surface area contributed by atoms with Gasteiger partial charge in [-0.15, -0.1) is 0 Å². The zero-order valence-corrected chi connectivity index (χ0v) is 18.2. The topological polar surface area (TPSA) is 0 Å². The molecule has 4 aromatic carbocycles. The summed E-state index contributed by atoms with van der Waals surface area (Å²) in [5.74, 6) is 10.2. The molecule has 0 nitrogen and oxygen atoms in total. The van der Waals surface area contributed by atoms with Gasteiger partial charge in [0.25, 0.3) is 0 Å². The summed E-state index contributed by atoms with van der Waals surface area (Å²) >= 11 is 0. The molecule has 0 N–H and O–H groups in total. The zero-order valence-electron chi connectivity index (χ0n) is 18.2. The van der Waals surface area contributed by atoms with Gasteiger partial charge in [0.2, 0.25) is 0 Å². The summed E-state index contributed by atoms with van der Waals surface area (Å²) in [7, 11) is 0. The van der Waals surface area contributed by atoms with Gasteiger partial charge in [0.15, 0.2) is 0 Å². The fraction of sp³-hybridized carbons (Fsp3) is 0.133. The Bertz CT molecular complexity index is 1440. The van der Waals surface area contributed by atoms with Gasteiger partial charge in [-0.3, -0.25) is 0 Å². The normalized spacial score (nSPS) is 10.3. The van der Waals surface area contributed by atoms with E-state index in [0.717, 1.165) is 35.6 Å². The highest BCUT2D eigenvalue weighted by Crippen LogP contribution is 2.18. The molecule has 0 aliphatic carbocycles. The average molecular weight is 438 g/mol. The molecule has 0 aromatic heterocycles. The summed E-state index contributed by atoms with van der Waals surface area (Å²) in [6.45, 7) is 2.10. The molecule has 3 heteroatoms. The number of halogens is 3. The summed E-state index contributed by atoms with van der Waals surface area (Å²) < 4.78 is 42.1. The number of benzene rings is 4. The molecule has 0 radical (unpaired) electrons. The molecule has 0 unspecified atom stereocenters. The maximum absolute atomic E-state index is 14.5. The third kappa shape index (κ3) is 5.65. The predicted octanol–water partition coefficient (Wildman–Crippen LogP) is 7.40. The van der Waals surface area contributed by atoms with Crippen LogP contribution in [-0.2, 0) is 6.42 Å². The van der Waals surface area contributed by atoms with Crippen molar-refractivity contribution in [1.29, 1.82) is 0 Å². The van der Waals surface area contributed by atoms with Crippen LogP contribution in [0.5, 0.6) is 0 Å². The van der Waals surface area contributed by atoms with Crippen molar-refractivity contribution in [2.45, 2.75) is 26.2 Å². The molecule has 33 heavy (non-hydrogen) atoms. The van der Waals surface area contributed by atoms with Crippen molar-refractivity contribution in [3.8, 4) is 23.7 Å². The Hall–Kier alpha value is -3.95. The Morgan fingerprint density at radius 3 is 1.91 bits per heavy atom. The van der Waals surface area contributed by atoms with E-state index in [9.17, 15) is 13.2 Å². The van der Waals surface area contributed by atoms with E-state index >= 15 is 0 Å². The lowest BCUT2D eigenvalue weighted by molar-refractivity contribution is 0.620. The number of fused-ring (bicyclic) bond motifs is 1. The number of rotatable bonds is 3. The van der Waals surface area contributed by atoms with Crippen molar-refractivity contribution >= 4 is 10.8 Å². The first-order chi connectivity index (χ1) is 16.0. The van der Waals surface area contributed by atoms with E-state index < -0.39 is 5.82 Å². The lowest BCUT2D eigenvalue weighted by atomic mass is 10.1. The van der Waals surface area contributed by atoms with Crippen molar-refractivity contribution in [2.24, 2.45) is 0 Å². The van der Waals surface area contributed by atoms with Crippen molar-refractivity contribution < 1.29 is 13.2 Å². The summed E-state index contributed by atoms with van der Waals surface area (Å²) in [5, 5.41) is 1.64. The smallest absolute Gasteiger partial charge is 0.140 e. The lowest BCUT2D eigenvalue weighted by Gasteiger charge is -2.01. The van der Waals surface area contributed by atoms with E-state index in [1.807, 2.05) is 12.1 Å². The number of unbranched alkanes of at least 4 members (excludes halogenated alkanes) is 1. The second kappa shape index (κ2) is 10.1. The number of hydrogen-bond donors (Lipinski definition) is 0. The third-order valence-electron chi connectivity index (χ3n) is 5.31. The molecule has 4 rings (SSSR count). The largest absolute Gasteiger partial charge is 0.207 e. The molecule has 0 aliphatic rings. The molecule has 4 aromatic rings. The maximum Gasteiger partial charge on any atom is 0.140 e. The highest BCUT2D eigenvalue weighted by atomic mass is 19.1. The van der Waals surface area contributed by atoms with E-state index in [1.165, 1.54) is 24.3 Å². The van der Waals surface area contributed by atoms with Gasteiger partial charge >= 0.3 is 0 Å². The van der Waals surface area contributed by atoms with Crippen LogP contribution in [0.1, 0.15) is 47.6 Å². The third-order valence-corrected chi connectivity index (χ3v) is 5.31. The Labute approximate surface area is 192 Å². The molecule has 0 spiro atoms. The summed E-state index contributed by atoms with van der Waals surface area (Å²) in [6.07, 6.45) is 2.91. The van der Waals surface area contributed by atoms with Crippen LogP contribution >= 0.6 is 0 Å². The second-order valence-electron chi connectivity index (χ2n) is 7.82. The van der Waals surface area contributed by atoms with Crippen LogP contribution < -0.4 is 0 Å². The van der Waals surface area contributed by atoms with E-state index in [0.29, 0.717) is 11.1 Å². The fourth-order valence-corrected chi connectivity index (χ4v) is 3.46. The predicted molar refractivity (Wildman–Crippen MR) is 127 cm³/mol. The molecule has 0 heterocycles. The van der Waals surface area contributed by atoms with Crippen LogP contribution in [-0.4, -0.2) is 0 Å². The highest BCUT2D eigenvalue weighted by Gasteiger charge is 2.03. The minimum atomic E-state index is -0.493. The molecule has 0 saturated carbocycles. The summed E-state index contributed by atoms with van der Waals surface area (Å²) in [6, 6.07) is 19.5. The molecule has 0 aliphatic heterocycles. The number of hydrogen-bond acceptors (Lipinski definition) is 0. The molecule has 0 bridgehead atoms. The first-order valence-corrected chi connectivity index (χ1v) is 10.8. The van der Waals surface area contributed by atoms with Gasteiger partial charge in [-0.2, -0.15) is 0 Å². The monoisotopic (exact) mass is 438 g/mol. The van der Waals surface area contributed by atoms with Gasteiger partial charge in [-0.25, -0.2) is 13.2 Å². The molecule has 0 atom stereocenters. The Morgan fingerprint density at radius 1 is 0.606 bits per heavy atom. The van der Waals surface area contributed by atoms with Gasteiger partial charge in [0, 0.05) is 11.1 Å². The molecule has 0 amide bonds. The molecule has 162 valence electrons. The molecule has 0 fully saturated rings. The van der Waals surface area contributed by atoms with Crippen LogP contribution in [0.4, 0.5) is 13.2 Å². The van der Waals surface area contributed by atoms with Crippen LogP contribution in [0.15, 0.2) is 72.8 Å². The minimum Gasteiger partial charge on any atom is -0.207 e. The minimum absolute atomic E-state index is 0.242. The van der Waals surface area contributed by atoms with E-state index in [2.05, 4.69) is 30.6 Å². The van der Waals surface area contributed by atoms with Crippen LogP contribution in [0, 0.1) is 41.1 Å². The highest BCUT2D eigenvalue weighted by molar-refractivity contribution is 5.84.